The van der Waals surface area contributed by atoms with Gasteiger partial charge < -0.3 is 9.88 Å². The monoisotopic (exact) mass is 275 g/mol. The molecule has 0 spiro atoms. The van der Waals surface area contributed by atoms with E-state index in [1.807, 2.05) is 4.90 Å². The van der Waals surface area contributed by atoms with Crippen molar-refractivity contribution >= 4 is 5.91 Å². The number of piperazine rings is 1. The second kappa shape index (κ2) is 5.40. The van der Waals surface area contributed by atoms with E-state index < -0.39 is 0 Å². The van der Waals surface area contributed by atoms with E-state index >= 15 is 0 Å². The van der Waals surface area contributed by atoms with Gasteiger partial charge in [-0.2, -0.15) is 0 Å². The van der Waals surface area contributed by atoms with E-state index in [2.05, 4.69) is 16.8 Å². The highest BCUT2D eigenvalue weighted by Crippen LogP contribution is 2.24. The van der Waals surface area contributed by atoms with Gasteiger partial charge in [-0.05, 0) is 26.3 Å². The number of nitrogens with zero attached hydrogens (tertiary/aromatic N) is 2. The van der Waals surface area contributed by atoms with E-state index in [1.54, 1.807) is 6.20 Å². The predicted molar refractivity (Wildman–Crippen MR) is 76.8 cm³/mol. The highest BCUT2D eigenvalue weighted by atomic mass is 16.2. The minimum Gasteiger partial charge on any atom is -0.367 e. The van der Waals surface area contributed by atoms with Crippen LogP contribution >= 0.6 is 0 Å². The van der Waals surface area contributed by atoms with Crippen LogP contribution in [0.5, 0.6) is 0 Å². The molecule has 20 heavy (non-hydrogen) atoms. The first-order valence-corrected chi connectivity index (χ1v) is 7.39. The van der Waals surface area contributed by atoms with Crippen molar-refractivity contribution in [3.63, 3.8) is 0 Å². The molecule has 3 heterocycles. The zero-order valence-electron chi connectivity index (χ0n) is 11.8. The number of pyridine rings is 1. The van der Waals surface area contributed by atoms with E-state index in [-0.39, 0.29) is 22.9 Å². The zero-order valence-corrected chi connectivity index (χ0v) is 11.8. The number of aromatic nitrogens is 1. The number of carbonyl (C=O) groups is 1. The topological polar surface area (TPSA) is 56.4 Å². The fourth-order valence-corrected chi connectivity index (χ4v) is 3.37. The van der Waals surface area contributed by atoms with Crippen LogP contribution in [0.25, 0.3) is 0 Å². The first-order valence-electron chi connectivity index (χ1n) is 7.39. The third-order valence-corrected chi connectivity index (χ3v) is 4.50. The van der Waals surface area contributed by atoms with Gasteiger partial charge in [0.25, 0.3) is 5.91 Å². The second-order valence-electron chi connectivity index (χ2n) is 5.87. The number of aromatic amines is 1. The van der Waals surface area contributed by atoms with Crippen molar-refractivity contribution in [1.29, 1.82) is 0 Å². The SMILES string of the molecule is CC1CN2CCCCC2CN1C(=O)c1c[nH]ccc1=O. The third-order valence-electron chi connectivity index (χ3n) is 4.50. The molecule has 0 aliphatic carbocycles. The number of rotatable bonds is 1. The maximum atomic E-state index is 12.6. The summed E-state index contributed by atoms with van der Waals surface area (Å²) in [7, 11) is 0. The summed E-state index contributed by atoms with van der Waals surface area (Å²) in [5.41, 5.74) is 0.0515. The Hall–Kier alpha value is -1.62. The molecule has 1 aromatic rings. The molecular weight excluding hydrogens is 254 g/mol. The molecule has 5 nitrogen and oxygen atoms in total. The molecule has 2 fully saturated rings. The molecule has 0 radical (unpaired) electrons. The van der Waals surface area contributed by atoms with Gasteiger partial charge in [0, 0.05) is 43.6 Å². The van der Waals surface area contributed by atoms with E-state index in [0.717, 1.165) is 26.1 Å². The number of nitrogens with one attached hydrogen (secondary N) is 1. The first kappa shape index (κ1) is 13.4. The van der Waals surface area contributed by atoms with Crippen molar-refractivity contribution in [1.82, 2.24) is 14.8 Å². The summed E-state index contributed by atoms with van der Waals surface area (Å²) in [6, 6.07) is 2.04. The molecule has 2 unspecified atom stereocenters. The van der Waals surface area contributed by atoms with Crippen LogP contribution in [0.3, 0.4) is 0 Å². The molecule has 2 atom stereocenters. The van der Waals surface area contributed by atoms with Gasteiger partial charge in [-0.1, -0.05) is 6.42 Å². The molecule has 2 saturated heterocycles. The van der Waals surface area contributed by atoms with Crippen molar-refractivity contribution in [2.24, 2.45) is 0 Å². The minimum absolute atomic E-state index is 0.135. The van der Waals surface area contributed by atoms with Gasteiger partial charge in [0.1, 0.15) is 5.56 Å². The molecule has 1 N–H and O–H groups in total. The van der Waals surface area contributed by atoms with E-state index in [0.29, 0.717) is 6.04 Å². The average Bonchev–Trinajstić information content (AvgIpc) is 2.46. The van der Waals surface area contributed by atoms with Gasteiger partial charge in [-0.15, -0.1) is 0 Å². The number of hydrogen-bond donors (Lipinski definition) is 1. The highest BCUT2D eigenvalue weighted by Gasteiger charge is 2.35. The van der Waals surface area contributed by atoms with Crippen molar-refractivity contribution < 1.29 is 4.79 Å². The second-order valence-corrected chi connectivity index (χ2v) is 5.87. The lowest BCUT2D eigenvalue weighted by atomic mass is 9.96. The normalized spacial score (nSPS) is 27.1. The number of piperidine rings is 1. The van der Waals surface area contributed by atoms with Gasteiger partial charge in [-0.25, -0.2) is 0 Å². The van der Waals surface area contributed by atoms with Crippen molar-refractivity contribution in [3.05, 3.63) is 34.2 Å². The number of hydrogen-bond acceptors (Lipinski definition) is 3. The van der Waals surface area contributed by atoms with Crippen LogP contribution in [0.1, 0.15) is 36.5 Å². The summed E-state index contributed by atoms with van der Waals surface area (Å²) in [6.07, 6.45) is 6.73. The molecule has 2 aliphatic rings. The van der Waals surface area contributed by atoms with Crippen molar-refractivity contribution in [2.75, 3.05) is 19.6 Å². The zero-order chi connectivity index (χ0) is 14.1. The Morgan fingerprint density at radius 1 is 1.35 bits per heavy atom. The quantitative estimate of drug-likeness (QED) is 0.834. The highest BCUT2D eigenvalue weighted by molar-refractivity contribution is 5.94. The fourth-order valence-electron chi connectivity index (χ4n) is 3.37. The Morgan fingerprint density at radius 3 is 3.00 bits per heavy atom. The fraction of sp³-hybridized carbons (Fsp3) is 0.600. The van der Waals surface area contributed by atoms with Crippen LogP contribution in [-0.4, -0.2) is 52.4 Å². The summed E-state index contributed by atoms with van der Waals surface area (Å²) < 4.78 is 0. The molecule has 5 heteroatoms. The Balaban J connectivity index is 1.81. The van der Waals surface area contributed by atoms with Gasteiger partial charge in [-0.3, -0.25) is 14.5 Å². The van der Waals surface area contributed by atoms with Gasteiger partial charge in [0.15, 0.2) is 5.43 Å². The van der Waals surface area contributed by atoms with Crippen LogP contribution in [0.15, 0.2) is 23.3 Å². The lowest BCUT2D eigenvalue weighted by molar-refractivity contribution is 0.0150. The number of fused-ring (bicyclic) bond motifs is 1. The number of H-pyrrole nitrogens is 1. The van der Waals surface area contributed by atoms with Gasteiger partial charge >= 0.3 is 0 Å². The van der Waals surface area contributed by atoms with Crippen molar-refractivity contribution in [2.45, 2.75) is 38.3 Å². The molecule has 0 saturated carbocycles. The standard InChI is InChI=1S/C15H21N3O2/c1-11-9-17-7-3-2-4-12(17)10-18(11)15(20)13-8-16-6-5-14(13)19/h5-6,8,11-12H,2-4,7,9-10H2,1H3,(H,16,19). The molecule has 1 amide bonds. The molecular formula is C15H21N3O2. The van der Waals surface area contributed by atoms with Crippen molar-refractivity contribution in [3.8, 4) is 0 Å². The molecule has 0 aromatic carbocycles. The average molecular weight is 275 g/mol. The number of amides is 1. The van der Waals surface area contributed by atoms with Crippen LogP contribution in [0, 0.1) is 0 Å². The molecule has 1 aromatic heterocycles. The number of carbonyl (C=O) groups excluding carboxylic acids is 1. The molecule has 108 valence electrons. The Morgan fingerprint density at radius 2 is 2.20 bits per heavy atom. The maximum absolute atomic E-state index is 12.6. The first-order chi connectivity index (χ1) is 9.66. The lowest BCUT2D eigenvalue weighted by Crippen LogP contribution is -2.60. The summed E-state index contributed by atoms with van der Waals surface area (Å²) in [4.78, 5) is 31.6. The molecule has 0 bridgehead atoms. The summed E-state index contributed by atoms with van der Waals surface area (Å²) in [6.45, 7) is 4.87. The molecule has 3 rings (SSSR count). The van der Waals surface area contributed by atoms with Gasteiger partial charge in [0.05, 0.1) is 0 Å². The van der Waals surface area contributed by atoms with Crippen LogP contribution in [0.4, 0.5) is 0 Å². The van der Waals surface area contributed by atoms with Crippen LogP contribution < -0.4 is 5.43 Å². The third kappa shape index (κ3) is 2.38. The Labute approximate surface area is 118 Å². The minimum atomic E-state index is -0.202. The van der Waals surface area contributed by atoms with Crippen LogP contribution in [-0.2, 0) is 0 Å². The summed E-state index contributed by atoms with van der Waals surface area (Å²) in [5.74, 6) is -0.135. The van der Waals surface area contributed by atoms with E-state index in [4.69, 9.17) is 0 Å². The summed E-state index contributed by atoms with van der Waals surface area (Å²) in [5, 5.41) is 0. The maximum Gasteiger partial charge on any atom is 0.259 e. The lowest BCUT2D eigenvalue weighted by Gasteiger charge is -2.47. The molecule has 2 aliphatic heterocycles. The largest absolute Gasteiger partial charge is 0.367 e. The van der Waals surface area contributed by atoms with Gasteiger partial charge in [0.2, 0.25) is 0 Å². The van der Waals surface area contributed by atoms with E-state index in [9.17, 15) is 9.59 Å². The Kier molecular flexibility index (Phi) is 3.61. The predicted octanol–water partition coefficient (Wildman–Crippen LogP) is 1.07. The van der Waals surface area contributed by atoms with Crippen LogP contribution in [0.2, 0.25) is 0 Å². The smallest absolute Gasteiger partial charge is 0.259 e. The van der Waals surface area contributed by atoms with E-state index in [1.165, 1.54) is 25.1 Å². The Bertz CT molecular complexity index is 554. The summed E-state index contributed by atoms with van der Waals surface area (Å²) >= 11 is 0.